The van der Waals surface area contributed by atoms with Crippen molar-refractivity contribution < 1.29 is 9.47 Å². The quantitative estimate of drug-likeness (QED) is 0.578. The summed E-state index contributed by atoms with van der Waals surface area (Å²) in [4.78, 5) is 9.10. The highest BCUT2D eigenvalue weighted by Crippen LogP contribution is 2.22. The molecule has 1 aromatic heterocycles. The molecule has 6 heteroatoms. The van der Waals surface area contributed by atoms with Gasteiger partial charge in [-0.25, -0.2) is 9.98 Å². The fraction of sp³-hybridized carbons (Fsp3) is 0.700. The van der Waals surface area contributed by atoms with Gasteiger partial charge in [-0.15, -0.1) is 0 Å². The van der Waals surface area contributed by atoms with Crippen molar-refractivity contribution in [2.45, 2.75) is 70.6 Å². The highest BCUT2D eigenvalue weighted by Gasteiger charge is 2.16. The van der Waals surface area contributed by atoms with Crippen LogP contribution in [0.25, 0.3) is 0 Å². The van der Waals surface area contributed by atoms with Gasteiger partial charge >= 0.3 is 0 Å². The number of aliphatic imine (C=N–C) groups is 1. The van der Waals surface area contributed by atoms with E-state index >= 15 is 0 Å². The lowest BCUT2D eigenvalue weighted by Gasteiger charge is -2.22. The summed E-state index contributed by atoms with van der Waals surface area (Å²) in [5.74, 6) is 1.55. The summed E-state index contributed by atoms with van der Waals surface area (Å²) in [5, 5.41) is 6.65. The molecule has 1 saturated heterocycles. The van der Waals surface area contributed by atoms with Crippen LogP contribution in [0.3, 0.4) is 0 Å². The highest BCUT2D eigenvalue weighted by molar-refractivity contribution is 5.79. The summed E-state index contributed by atoms with van der Waals surface area (Å²) in [6.07, 6.45) is 10.9. The molecule has 1 aromatic rings. The second-order valence-corrected chi connectivity index (χ2v) is 7.09. The Morgan fingerprint density at radius 2 is 2.08 bits per heavy atom. The summed E-state index contributed by atoms with van der Waals surface area (Å²) in [7, 11) is 0. The van der Waals surface area contributed by atoms with Crippen LogP contribution in [0.5, 0.6) is 5.88 Å². The van der Waals surface area contributed by atoms with Gasteiger partial charge in [-0.1, -0.05) is 12.5 Å². The second-order valence-electron chi connectivity index (χ2n) is 7.09. The Kier molecular flexibility index (Phi) is 7.55. The first-order valence-electron chi connectivity index (χ1n) is 10.1. The minimum Gasteiger partial charge on any atom is -0.474 e. The molecule has 2 fully saturated rings. The zero-order valence-corrected chi connectivity index (χ0v) is 15.9. The van der Waals surface area contributed by atoms with Crippen molar-refractivity contribution in [1.29, 1.82) is 0 Å². The monoisotopic (exact) mass is 360 g/mol. The van der Waals surface area contributed by atoms with Gasteiger partial charge in [0.25, 0.3) is 0 Å². The maximum Gasteiger partial charge on any atom is 0.213 e. The molecule has 1 aliphatic carbocycles. The van der Waals surface area contributed by atoms with Crippen LogP contribution in [0, 0.1) is 0 Å². The van der Waals surface area contributed by atoms with Gasteiger partial charge in [0.2, 0.25) is 5.88 Å². The zero-order valence-electron chi connectivity index (χ0n) is 15.9. The van der Waals surface area contributed by atoms with Crippen LogP contribution in [-0.4, -0.2) is 42.8 Å². The lowest BCUT2D eigenvalue weighted by molar-refractivity contribution is 0.114. The van der Waals surface area contributed by atoms with E-state index in [9.17, 15) is 0 Å². The summed E-state index contributed by atoms with van der Waals surface area (Å²) < 4.78 is 11.6. The van der Waals surface area contributed by atoms with E-state index in [4.69, 9.17) is 9.47 Å². The second kappa shape index (κ2) is 10.4. The average molecular weight is 361 g/mol. The van der Waals surface area contributed by atoms with Gasteiger partial charge in [-0.3, -0.25) is 0 Å². The van der Waals surface area contributed by atoms with E-state index in [0.29, 0.717) is 18.8 Å². The Balaban J connectivity index is 1.48. The summed E-state index contributed by atoms with van der Waals surface area (Å²) in [6, 6.07) is 4.02. The SMILES string of the molecule is CCNC(=NCc1ccc(OC2CCCCC2)nc1)NCC1CCCO1. The maximum atomic E-state index is 5.98. The third-order valence-electron chi connectivity index (χ3n) is 4.92. The first kappa shape index (κ1) is 19.0. The number of rotatable bonds is 7. The fourth-order valence-electron chi connectivity index (χ4n) is 3.46. The molecule has 1 aliphatic heterocycles. The van der Waals surface area contributed by atoms with Gasteiger partial charge in [-0.05, 0) is 51.0 Å². The third-order valence-corrected chi connectivity index (χ3v) is 4.92. The number of aromatic nitrogens is 1. The van der Waals surface area contributed by atoms with Gasteiger partial charge in [0.05, 0.1) is 12.6 Å². The minimum atomic E-state index is 0.303. The highest BCUT2D eigenvalue weighted by atomic mass is 16.5. The molecule has 1 saturated carbocycles. The number of pyridine rings is 1. The molecule has 0 bridgehead atoms. The van der Waals surface area contributed by atoms with Crippen molar-refractivity contribution in [1.82, 2.24) is 15.6 Å². The van der Waals surface area contributed by atoms with Crippen LogP contribution in [0.1, 0.15) is 57.4 Å². The van der Waals surface area contributed by atoms with E-state index in [0.717, 1.165) is 62.8 Å². The van der Waals surface area contributed by atoms with Crippen LogP contribution in [0.15, 0.2) is 23.3 Å². The van der Waals surface area contributed by atoms with Gasteiger partial charge < -0.3 is 20.1 Å². The molecule has 6 nitrogen and oxygen atoms in total. The van der Waals surface area contributed by atoms with Gasteiger partial charge in [0.15, 0.2) is 5.96 Å². The molecule has 3 rings (SSSR count). The Morgan fingerprint density at radius 1 is 1.19 bits per heavy atom. The Labute approximate surface area is 156 Å². The van der Waals surface area contributed by atoms with Crippen LogP contribution in [0.2, 0.25) is 0 Å². The zero-order chi connectivity index (χ0) is 18.0. The molecule has 26 heavy (non-hydrogen) atoms. The van der Waals surface area contributed by atoms with E-state index in [1.807, 2.05) is 12.3 Å². The molecule has 0 amide bonds. The number of nitrogens with zero attached hydrogens (tertiary/aromatic N) is 2. The molecule has 1 atom stereocenters. The number of ether oxygens (including phenoxy) is 2. The first-order valence-corrected chi connectivity index (χ1v) is 10.1. The van der Waals surface area contributed by atoms with Crippen molar-refractivity contribution in [3.63, 3.8) is 0 Å². The van der Waals surface area contributed by atoms with Crippen molar-refractivity contribution in [3.8, 4) is 5.88 Å². The molecule has 2 heterocycles. The van der Waals surface area contributed by atoms with Gasteiger partial charge in [0, 0.05) is 32.0 Å². The number of hydrogen-bond acceptors (Lipinski definition) is 4. The molecule has 144 valence electrons. The van der Waals surface area contributed by atoms with Crippen molar-refractivity contribution >= 4 is 5.96 Å². The molecule has 2 aliphatic rings. The van der Waals surface area contributed by atoms with Gasteiger partial charge in [-0.2, -0.15) is 0 Å². The summed E-state index contributed by atoms with van der Waals surface area (Å²) in [5.41, 5.74) is 1.08. The molecule has 1 unspecified atom stereocenters. The molecule has 0 spiro atoms. The van der Waals surface area contributed by atoms with Crippen molar-refractivity contribution in [3.05, 3.63) is 23.9 Å². The van der Waals surface area contributed by atoms with Crippen LogP contribution in [0.4, 0.5) is 0 Å². The number of nitrogens with one attached hydrogen (secondary N) is 2. The number of guanidine groups is 1. The number of hydrogen-bond donors (Lipinski definition) is 2. The van der Waals surface area contributed by atoms with E-state index < -0.39 is 0 Å². The van der Waals surface area contributed by atoms with E-state index in [1.54, 1.807) is 0 Å². The standard InChI is InChI=1S/C20H32N4O2/c1-2-21-20(24-15-18-9-6-12-25-18)23-14-16-10-11-19(22-13-16)26-17-7-4-3-5-8-17/h10-11,13,17-18H,2-9,12,14-15H2,1H3,(H2,21,23,24). The Hall–Kier alpha value is -1.82. The summed E-state index contributed by atoms with van der Waals surface area (Å²) >= 11 is 0. The lowest BCUT2D eigenvalue weighted by Crippen LogP contribution is -2.41. The molecule has 2 N–H and O–H groups in total. The minimum absolute atomic E-state index is 0.303. The first-order chi connectivity index (χ1) is 12.8. The molecule has 0 aromatic carbocycles. The maximum absolute atomic E-state index is 5.98. The topological polar surface area (TPSA) is 67.8 Å². The smallest absolute Gasteiger partial charge is 0.213 e. The van der Waals surface area contributed by atoms with E-state index in [1.165, 1.54) is 19.3 Å². The summed E-state index contributed by atoms with van der Waals surface area (Å²) in [6.45, 7) is 5.18. The molecule has 0 radical (unpaired) electrons. The lowest BCUT2D eigenvalue weighted by atomic mass is 9.98. The predicted octanol–water partition coefficient (Wildman–Crippen LogP) is 3.03. The fourth-order valence-corrected chi connectivity index (χ4v) is 3.46. The normalized spacial score (nSPS) is 21.6. The Bertz CT molecular complexity index is 549. The third kappa shape index (κ3) is 6.16. The van der Waals surface area contributed by atoms with Gasteiger partial charge in [0.1, 0.15) is 6.10 Å². The van der Waals surface area contributed by atoms with E-state index in [-0.39, 0.29) is 0 Å². The average Bonchev–Trinajstić information content (AvgIpc) is 3.20. The largest absolute Gasteiger partial charge is 0.474 e. The van der Waals surface area contributed by atoms with Crippen molar-refractivity contribution in [2.75, 3.05) is 19.7 Å². The van der Waals surface area contributed by atoms with E-state index in [2.05, 4.69) is 33.6 Å². The van der Waals surface area contributed by atoms with Crippen LogP contribution < -0.4 is 15.4 Å². The van der Waals surface area contributed by atoms with Crippen LogP contribution in [-0.2, 0) is 11.3 Å². The Morgan fingerprint density at radius 3 is 2.77 bits per heavy atom. The molecular formula is C20H32N4O2. The molecular weight excluding hydrogens is 328 g/mol. The predicted molar refractivity (Wildman–Crippen MR) is 104 cm³/mol. The van der Waals surface area contributed by atoms with Crippen molar-refractivity contribution in [2.24, 2.45) is 4.99 Å². The van der Waals surface area contributed by atoms with Crippen LogP contribution >= 0.6 is 0 Å².